The Morgan fingerprint density at radius 2 is 1.91 bits per heavy atom. The van der Waals surface area contributed by atoms with Gasteiger partial charge in [0.05, 0.1) is 4.92 Å². The first-order valence-electron chi connectivity index (χ1n) is 9.52. The van der Waals surface area contributed by atoms with E-state index < -0.39 is 10.8 Å². The molecule has 1 amide bonds. The van der Waals surface area contributed by atoms with Crippen molar-refractivity contribution in [1.29, 1.82) is 5.26 Å². The van der Waals surface area contributed by atoms with Crippen molar-refractivity contribution in [3.8, 4) is 11.8 Å². The van der Waals surface area contributed by atoms with Crippen LogP contribution < -0.4 is 10.1 Å². The minimum atomic E-state index is -0.738. The molecule has 0 saturated carbocycles. The molecule has 32 heavy (non-hydrogen) atoms. The molecule has 0 atom stereocenters. The van der Waals surface area contributed by atoms with E-state index in [0.29, 0.717) is 28.5 Å². The van der Waals surface area contributed by atoms with Crippen molar-refractivity contribution in [2.45, 2.75) is 13.5 Å². The zero-order chi connectivity index (χ0) is 23.1. The first-order valence-corrected chi connectivity index (χ1v) is 9.89. The van der Waals surface area contributed by atoms with Crippen molar-refractivity contribution >= 4 is 35.0 Å². The van der Waals surface area contributed by atoms with Gasteiger partial charge in [-0.1, -0.05) is 48.0 Å². The third-order valence-electron chi connectivity index (χ3n) is 4.51. The molecule has 0 bridgehead atoms. The van der Waals surface area contributed by atoms with Gasteiger partial charge in [-0.2, -0.15) is 5.26 Å². The molecule has 160 valence electrons. The summed E-state index contributed by atoms with van der Waals surface area (Å²) in [5.74, 6) is -0.140. The van der Waals surface area contributed by atoms with Crippen LogP contribution in [0.1, 0.15) is 16.7 Å². The van der Waals surface area contributed by atoms with Gasteiger partial charge in [0.15, 0.2) is 0 Å². The number of hydrogen-bond donors (Lipinski definition) is 1. The van der Waals surface area contributed by atoms with Gasteiger partial charge >= 0.3 is 0 Å². The summed E-state index contributed by atoms with van der Waals surface area (Å²) in [5, 5.41) is 23.7. The summed E-state index contributed by atoms with van der Waals surface area (Å²) < 4.78 is 5.72. The quantitative estimate of drug-likeness (QED) is 0.217. The molecule has 0 unspecified atom stereocenters. The van der Waals surface area contributed by atoms with Crippen LogP contribution in [0.3, 0.4) is 0 Å². The van der Waals surface area contributed by atoms with Crippen LogP contribution >= 0.6 is 11.6 Å². The zero-order valence-electron chi connectivity index (χ0n) is 17.0. The number of nitrogens with one attached hydrogen (secondary N) is 1. The molecule has 3 rings (SSSR count). The molecule has 0 aliphatic carbocycles. The second-order valence-electron chi connectivity index (χ2n) is 6.85. The fraction of sp³-hybridized carbons (Fsp3) is 0.0833. The van der Waals surface area contributed by atoms with Crippen LogP contribution in [0.5, 0.6) is 5.75 Å². The fourth-order valence-corrected chi connectivity index (χ4v) is 3.03. The molecule has 0 spiro atoms. The number of anilines is 1. The number of ether oxygens (including phenoxy) is 1. The molecule has 3 aromatic carbocycles. The van der Waals surface area contributed by atoms with Crippen LogP contribution in [0.15, 0.2) is 72.3 Å². The van der Waals surface area contributed by atoms with Crippen molar-refractivity contribution in [3.05, 3.63) is 104 Å². The van der Waals surface area contributed by atoms with E-state index in [1.54, 1.807) is 43.3 Å². The summed E-state index contributed by atoms with van der Waals surface area (Å²) in [6, 6.07) is 20.4. The minimum Gasteiger partial charge on any atom is -0.489 e. The van der Waals surface area contributed by atoms with Crippen LogP contribution in [0.2, 0.25) is 5.02 Å². The van der Waals surface area contributed by atoms with E-state index in [-0.39, 0.29) is 16.9 Å². The van der Waals surface area contributed by atoms with Gasteiger partial charge in [-0.25, -0.2) is 0 Å². The van der Waals surface area contributed by atoms with Crippen molar-refractivity contribution in [1.82, 2.24) is 0 Å². The summed E-state index contributed by atoms with van der Waals surface area (Å²) in [4.78, 5) is 23.2. The number of aryl methyl sites for hydroxylation is 1. The molecule has 3 aromatic rings. The maximum Gasteiger partial charge on any atom is 0.293 e. The summed E-state index contributed by atoms with van der Waals surface area (Å²) in [7, 11) is 0. The number of hydrogen-bond acceptors (Lipinski definition) is 5. The molecule has 8 heteroatoms. The topological polar surface area (TPSA) is 105 Å². The van der Waals surface area contributed by atoms with Crippen LogP contribution in [-0.2, 0) is 11.4 Å². The Balaban J connectivity index is 1.71. The summed E-state index contributed by atoms with van der Waals surface area (Å²) in [6.07, 6.45) is 1.40. The Hall–Kier alpha value is -4.15. The van der Waals surface area contributed by atoms with E-state index in [9.17, 15) is 20.2 Å². The van der Waals surface area contributed by atoms with Gasteiger partial charge in [0.25, 0.3) is 11.6 Å². The molecule has 0 radical (unpaired) electrons. The lowest BCUT2D eigenvalue weighted by Gasteiger charge is -2.08. The number of nitrogens with zero attached hydrogens (tertiary/aromatic N) is 2. The molecular formula is C24H18ClN3O4. The standard InChI is InChI=1S/C24H18ClN3O4/c1-16-6-11-22(23(12-16)28(30)31)27-24(29)19(14-26)13-17-7-9-20(10-8-17)32-15-18-4-2-3-5-21(18)25/h2-13H,15H2,1H3,(H,27,29)/b19-13+. The van der Waals surface area contributed by atoms with Crippen LogP contribution in [0.4, 0.5) is 11.4 Å². The second kappa shape index (κ2) is 10.2. The SMILES string of the molecule is Cc1ccc(NC(=O)/C(C#N)=C/c2ccc(OCc3ccccc3Cl)cc2)c([N+](=O)[O-])c1. The van der Waals surface area contributed by atoms with Crippen molar-refractivity contribution in [2.24, 2.45) is 0 Å². The normalized spacial score (nSPS) is 10.8. The number of halogens is 1. The number of nitro benzene ring substituents is 1. The van der Waals surface area contributed by atoms with E-state index in [4.69, 9.17) is 16.3 Å². The number of nitro groups is 1. The van der Waals surface area contributed by atoms with Crippen molar-refractivity contribution < 1.29 is 14.5 Å². The lowest BCUT2D eigenvalue weighted by Crippen LogP contribution is -2.14. The highest BCUT2D eigenvalue weighted by atomic mass is 35.5. The number of nitriles is 1. The van der Waals surface area contributed by atoms with Crippen molar-refractivity contribution in [2.75, 3.05) is 5.32 Å². The predicted molar refractivity (Wildman–Crippen MR) is 122 cm³/mol. The maximum atomic E-state index is 12.5. The Morgan fingerprint density at radius 1 is 1.19 bits per heavy atom. The molecule has 0 heterocycles. The Bertz CT molecular complexity index is 1230. The highest BCUT2D eigenvalue weighted by Gasteiger charge is 2.18. The third-order valence-corrected chi connectivity index (χ3v) is 4.88. The summed E-state index contributed by atoms with van der Waals surface area (Å²) in [5.41, 5.74) is 1.73. The highest BCUT2D eigenvalue weighted by Crippen LogP contribution is 2.26. The number of rotatable bonds is 7. The number of benzene rings is 3. The van der Waals surface area contributed by atoms with Gasteiger partial charge in [-0.3, -0.25) is 14.9 Å². The predicted octanol–water partition coefficient (Wildman–Crippen LogP) is 5.68. The number of carbonyl (C=O) groups excluding carboxylic acids is 1. The average Bonchev–Trinajstić information content (AvgIpc) is 2.78. The lowest BCUT2D eigenvalue weighted by atomic mass is 10.1. The van der Waals surface area contributed by atoms with Gasteiger partial charge in [0.2, 0.25) is 0 Å². The van der Waals surface area contributed by atoms with E-state index in [2.05, 4.69) is 5.32 Å². The number of amides is 1. The third kappa shape index (κ3) is 5.72. The molecule has 0 saturated heterocycles. The fourth-order valence-electron chi connectivity index (χ4n) is 2.84. The molecule has 0 aromatic heterocycles. The summed E-state index contributed by atoms with van der Waals surface area (Å²) in [6.45, 7) is 2.01. The van der Waals surface area contributed by atoms with E-state index in [0.717, 1.165) is 5.56 Å². The Morgan fingerprint density at radius 3 is 2.56 bits per heavy atom. The van der Waals surface area contributed by atoms with Crippen molar-refractivity contribution in [3.63, 3.8) is 0 Å². The van der Waals surface area contributed by atoms with Crippen LogP contribution in [0.25, 0.3) is 6.08 Å². The molecule has 1 N–H and O–H groups in total. The van der Waals surface area contributed by atoms with Gasteiger partial charge < -0.3 is 10.1 Å². The largest absolute Gasteiger partial charge is 0.489 e. The van der Waals surface area contributed by atoms with Crippen LogP contribution in [0, 0.1) is 28.4 Å². The minimum absolute atomic E-state index is 0.0232. The van der Waals surface area contributed by atoms with Crippen LogP contribution in [-0.4, -0.2) is 10.8 Å². The number of carbonyl (C=O) groups is 1. The zero-order valence-corrected chi connectivity index (χ0v) is 17.8. The monoisotopic (exact) mass is 447 g/mol. The highest BCUT2D eigenvalue weighted by molar-refractivity contribution is 6.31. The molecule has 0 aliphatic heterocycles. The van der Waals surface area contributed by atoms with Gasteiger partial charge in [0.1, 0.15) is 29.7 Å². The molecular weight excluding hydrogens is 430 g/mol. The van der Waals surface area contributed by atoms with Gasteiger partial charge in [-0.05, 0) is 48.4 Å². The maximum absolute atomic E-state index is 12.5. The van der Waals surface area contributed by atoms with E-state index in [1.165, 1.54) is 18.2 Å². The molecule has 7 nitrogen and oxygen atoms in total. The van der Waals surface area contributed by atoms with Gasteiger partial charge in [0, 0.05) is 16.7 Å². The Labute approximate surface area is 189 Å². The first kappa shape index (κ1) is 22.5. The lowest BCUT2D eigenvalue weighted by molar-refractivity contribution is -0.384. The smallest absolute Gasteiger partial charge is 0.293 e. The Kier molecular flexibility index (Phi) is 7.21. The summed E-state index contributed by atoms with van der Waals surface area (Å²) >= 11 is 6.12. The van der Waals surface area contributed by atoms with E-state index >= 15 is 0 Å². The first-order chi connectivity index (χ1) is 15.4. The molecule has 0 fully saturated rings. The van der Waals surface area contributed by atoms with E-state index in [1.807, 2.05) is 24.3 Å². The van der Waals surface area contributed by atoms with Gasteiger partial charge in [-0.15, -0.1) is 0 Å². The average molecular weight is 448 g/mol. The molecule has 0 aliphatic rings. The second-order valence-corrected chi connectivity index (χ2v) is 7.26.